The number of phenols is 1. The minimum absolute atomic E-state index is 0.174. The van der Waals surface area contributed by atoms with E-state index < -0.39 is 0 Å². The summed E-state index contributed by atoms with van der Waals surface area (Å²) in [5, 5.41) is 11.1. The van der Waals surface area contributed by atoms with Crippen molar-refractivity contribution in [1.82, 2.24) is 4.98 Å². The second-order valence-electron chi connectivity index (χ2n) is 5.95. The van der Waals surface area contributed by atoms with Gasteiger partial charge < -0.3 is 9.90 Å². The van der Waals surface area contributed by atoms with Gasteiger partial charge in [-0.2, -0.15) is 0 Å². The molecule has 0 aliphatic heterocycles. The maximum Gasteiger partial charge on any atom is 0.144 e. The van der Waals surface area contributed by atoms with Crippen LogP contribution >= 0.6 is 0 Å². The van der Waals surface area contributed by atoms with Gasteiger partial charge in [0.25, 0.3) is 0 Å². The van der Waals surface area contributed by atoms with Crippen LogP contribution in [-0.2, 0) is 17.6 Å². The van der Waals surface area contributed by atoms with Gasteiger partial charge in [-0.1, -0.05) is 18.2 Å². The van der Waals surface area contributed by atoms with Crippen LogP contribution in [0, 0.1) is 12.7 Å². The number of aromatic nitrogens is 1. The molecule has 3 aromatic rings. The number of benzene rings is 2. The SMILES string of the molecule is Cc1cc(CCC=O)c2cc(Cc3ccc(F)cc3)cnc2c1O. The van der Waals surface area contributed by atoms with Crippen molar-refractivity contribution in [3.8, 4) is 5.75 Å². The van der Waals surface area contributed by atoms with E-state index >= 15 is 0 Å². The molecule has 0 spiro atoms. The van der Waals surface area contributed by atoms with Gasteiger partial charge in [0, 0.05) is 18.0 Å². The largest absolute Gasteiger partial charge is 0.505 e. The molecule has 2 aromatic carbocycles. The molecule has 0 bridgehead atoms. The van der Waals surface area contributed by atoms with Crippen LogP contribution < -0.4 is 0 Å². The highest BCUT2D eigenvalue weighted by atomic mass is 19.1. The number of hydrogen-bond acceptors (Lipinski definition) is 3. The van der Waals surface area contributed by atoms with Gasteiger partial charge in [0.15, 0.2) is 0 Å². The zero-order valence-electron chi connectivity index (χ0n) is 13.4. The molecule has 3 nitrogen and oxygen atoms in total. The molecule has 0 fully saturated rings. The predicted octanol–water partition coefficient (Wildman–Crippen LogP) is 4.11. The average molecular weight is 323 g/mol. The first-order valence-electron chi connectivity index (χ1n) is 7.86. The highest BCUT2D eigenvalue weighted by Crippen LogP contribution is 2.31. The maximum atomic E-state index is 13.0. The molecule has 0 radical (unpaired) electrons. The number of carbonyl (C=O) groups excluding carboxylic acids is 1. The Morgan fingerprint density at radius 1 is 1.17 bits per heavy atom. The molecule has 1 aromatic heterocycles. The Balaban J connectivity index is 2.03. The second kappa shape index (κ2) is 6.79. The van der Waals surface area contributed by atoms with Crippen molar-refractivity contribution < 1.29 is 14.3 Å². The zero-order chi connectivity index (χ0) is 17.1. The fraction of sp³-hybridized carbons (Fsp3) is 0.200. The molecule has 24 heavy (non-hydrogen) atoms. The number of pyridine rings is 1. The summed E-state index contributed by atoms with van der Waals surface area (Å²) < 4.78 is 13.0. The normalized spacial score (nSPS) is 10.9. The Morgan fingerprint density at radius 2 is 1.92 bits per heavy atom. The smallest absolute Gasteiger partial charge is 0.144 e. The van der Waals surface area contributed by atoms with E-state index in [1.54, 1.807) is 18.3 Å². The molecule has 0 amide bonds. The number of hydrogen-bond donors (Lipinski definition) is 1. The first-order valence-corrected chi connectivity index (χ1v) is 7.86. The van der Waals surface area contributed by atoms with E-state index in [1.165, 1.54) is 12.1 Å². The van der Waals surface area contributed by atoms with Crippen molar-refractivity contribution in [1.29, 1.82) is 0 Å². The van der Waals surface area contributed by atoms with Gasteiger partial charge in [0.1, 0.15) is 23.4 Å². The summed E-state index contributed by atoms with van der Waals surface area (Å²) in [6.07, 6.45) is 4.30. The van der Waals surface area contributed by atoms with Crippen LogP contribution in [0.3, 0.4) is 0 Å². The standard InChI is InChI=1S/C20H18FNO2/c1-13-9-16(3-2-8-23)18-11-15(12-22-19(18)20(13)24)10-14-4-6-17(21)7-5-14/h4-9,11-12,24H,2-3,10H2,1H3. The van der Waals surface area contributed by atoms with Crippen LogP contribution in [0.1, 0.15) is 28.7 Å². The van der Waals surface area contributed by atoms with E-state index in [4.69, 9.17) is 0 Å². The summed E-state index contributed by atoms with van der Waals surface area (Å²) in [7, 11) is 0. The molecule has 4 heteroatoms. The number of fused-ring (bicyclic) bond motifs is 1. The highest BCUT2D eigenvalue weighted by molar-refractivity contribution is 5.89. The number of nitrogens with zero attached hydrogens (tertiary/aromatic N) is 1. The Labute approximate surface area is 139 Å². The molecule has 122 valence electrons. The van der Waals surface area contributed by atoms with Crippen LogP contribution in [0.15, 0.2) is 42.6 Å². The summed E-state index contributed by atoms with van der Waals surface area (Å²) >= 11 is 0. The Kier molecular flexibility index (Phi) is 4.56. The number of phenolic OH excluding ortho intramolecular Hbond substituents is 1. The fourth-order valence-electron chi connectivity index (χ4n) is 2.89. The van der Waals surface area contributed by atoms with Gasteiger partial charge in [-0.15, -0.1) is 0 Å². The topological polar surface area (TPSA) is 50.2 Å². The maximum absolute atomic E-state index is 13.0. The first kappa shape index (κ1) is 16.1. The lowest BCUT2D eigenvalue weighted by Crippen LogP contribution is -1.96. The lowest BCUT2D eigenvalue weighted by molar-refractivity contribution is -0.107. The van der Waals surface area contributed by atoms with Gasteiger partial charge in [-0.3, -0.25) is 4.98 Å². The van der Waals surface area contributed by atoms with Crippen LogP contribution in [0.25, 0.3) is 10.9 Å². The van der Waals surface area contributed by atoms with E-state index in [1.807, 2.05) is 19.1 Å². The molecule has 0 saturated carbocycles. The third-order valence-electron chi connectivity index (χ3n) is 4.13. The van der Waals surface area contributed by atoms with E-state index in [0.29, 0.717) is 24.8 Å². The minimum atomic E-state index is -0.257. The summed E-state index contributed by atoms with van der Waals surface area (Å²) in [6, 6.07) is 10.3. The predicted molar refractivity (Wildman–Crippen MR) is 91.7 cm³/mol. The van der Waals surface area contributed by atoms with Crippen LogP contribution in [-0.4, -0.2) is 16.4 Å². The number of rotatable bonds is 5. The van der Waals surface area contributed by atoms with Gasteiger partial charge in [0.05, 0.1) is 0 Å². The third-order valence-corrected chi connectivity index (χ3v) is 4.13. The second-order valence-corrected chi connectivity index (χ2v) is 5.95. The Morgan fingerprint density at radius 3 is 2.62 bits per heavy atom. The number of aryl methyl sites for hydroxylation is 2. The molecule has 0 saturated heterocycles. The zero-order valence-corrected chi connectivity index (χ0v) is 13.4. The van der Waals surface area contributed by atoms with Crippen molar-refractivity contribution >= 4 is 17.2 Å². The number of halogens is 1. The number of aromatic hydroxyl groups is 1. The van der Waals surface area contributed by atoms with Crippen LogP contribution in [0.5, 0.6) is 5.75 Å². The fourth-order valence-corrected chi connectivity index (χ4v) is 2.89. The van der Waals surface area contributed by atoms with Crippen molar-refractivity contribution in [3.63, 3.8) is 0 Å². The Bertz CT molecular complexity index is 888. The molecule has 0 unspecified atom stereocenters. The summed E-state index contributed by atoms with van der Waals surface area (Å²) in [6.45, 7) is 1.83. The van der Waals surface area contributed by atoms with Gasteiger partial charge in [0.2, 0.25) is 0 Å². The molecule has 0 aliphatic rings. The molecule has 0 aliphatic carbocycles. The van der Waals surface area contributed by atoms with Gasteiger partial charge >= 0.3 is 0 Å². The summed E-state index contributed by atoms with van der Waals surface area (Å²) in [5.74, 6) is -0.0832. The first-order chi connectivity index (χ1) is 11.6. The summed E-state index contributed by atoms with van der Waals surface area (Å²) in [5.41, 5.74) is 4.27. The van der Waals surface area contributed by atoms with Crippen molar-refractivity contribution in [2.24, 2.45) is 0 Å². The van der Waals surface area contributed by atoms with Crippen LogP contribution in [0.4, 0.5) is 4.39 Å². The third kappa shape index (κ3) is 3.27. The quantitative estimate of drug-likeness (QED) is 0.719. The van der Waals surface area contributed by atoms with E-state index in [2.05, 4.69) is 4.98 Å². The molecular weight excluding hydrogens is 305 g/mol. The lowest BCUT2D eigenvalue weighted by Gasteiger charge is -2.11. The Hall–Kier alpha value is -2.75. The van der Waals surface area contributed by atoms with Crippen LogP contribution in [0.2, 0.25) is 0 Å². The van der Waals surface area contributed by atoms with Crippen molar-refractivity contribution in [2.75, 3.05) is 0 Å². The monoisotopic (exact) mass is 323 g/mol. The van der Waals surface area contributed by atoms with Crippen molar-refractivity contribution in [2.45, 2.75) is 26.2 Å². The van der Waals surface area contributed by atoms with E-state index in [9.17, 15) is 14.3 Å². The lowest BCUT2D eigenvalue weighted by atomic mass is 9.97. The van der Waals surface area contributed by atoms with Gasteiger partial charge in [-0.25, -0.2) is 4.39 Å². The molecule has 0 atom stereocenters. The number of aldehydes is 1. The molecular formula is C20H18FNO2. The molecule has 1 N–H and O–H groups in total. The molecule has 1 heterocycles. The van der Waals surface area contributed by atoms with Crippen molar-refractivity contribution in [3.05, 3.63) is 70.7 Å². The number of carbonyl (C=O) groups is 1. The van der Waals surface area contributed by atoms with E-state index in [0.717, 1.165) is 33.9 Å². The summed E-state index contributed by atoms with van der Waals surface area (Å²) in [4.78, 5) is 15.1. The van der Waals surface area contributed by atoms with Gasteiger partial charge in [-0.05, 0) is 60.2 Å². The molecule has 3 rings (SSSR count). The van der Waals surface area contributed by atoms with E-state index in [-0.39, 0.29) is 11.6 Å². The minimum Gasteiger partial charge on any atom is -0.505 e. The average Bonchev–Trinajstić information content (AvgIpc) is 2.59. The highest BCUT2D eigenvalue weighted by Gasteiger charge is 2.11.